The van der Waals surface area contributed by atoms with Crippen molar-refractivity contribution in [1.82, 2.24) is 0 Å². The number of anilines is 1. The van der Waals surface area contributed by atoms with Gasteiger partial charge in [0.2, 0.25) is 0 Å². The molecular weight excluding hydrogens is 244 g/mol. The molecule has 1 aliphatic heterocycles. The second kappa shape index (κ2) is 6.90. The minimum Gasteiger partial charge on any atom is -0.324 e. The Kier molecular flexibility index (Phi) is 4.94. The highest BCUT2D eigenvalue weighted by atomic mass is 15.1. The third-order valence-corrected chi connectivity index (χ3v) is 3.03. The van der Waals surface area contributed by atoms with Crippen LogP contribution in [0.5, 0.6) is 0 Å². The molecule has 0 spiro atoms. The Morgan fingerprint density at radius 1 is 1.15 bits per heavy atom. The first-order chi connectivity index (χ1) is 9.70. The van der Waals surface area contributed by atoms with Crippen LogP contribution >= 0.6 is 0 Å². The lowest BCUT2D eigenvalue weighted by molar-refractivity contribution is 1.09. The first kappa shape index (κ1) is 14.3. The summed E-state index contributed by atoms with van der Waals surface area (Å²) in [5.41, 5.74) is 4.70. The highest BCUT2D eigenvalue weighted by molar-refractivity contribution is 5.77. The van der Waals surface area contributed by atoms with E-state index >= 15 is 0 Å². The number of nitrogens with zero attached hydrogens (tertiary/aromatic N) is 2. The van der Waals surface area contributed by atoms with Crippen molar-refractivity contribution in [3.63, 3.8) is 0 Å². The Balaban J connectivity index is 2.24. The van der Waals surface area contributed by atoms with Gasteiger partial charge in [-0.25, -0.2) is 0 Å². The van der Waals surface area contributed by atoms with E-state index in [1.807, 2.05) is 19.2 Å². The van der Waals surface area contributed by atoms with Crippen molar-refractivity contribution in [3.8, 4) is 0 Å². The summed E-state index contributed by atoms with van der Waals surface area (Å²) < 4.78 is 0. The lowest BCUT2D eigenvalue weighted by Crippen LogP contribution is -2.07. The number of rotatable bonds is 4. The first-order valence-corrected chi connectivity index (χ1v) is 7.10. The van der Waals surface area contributed by atoms with Crippen LogP contribution in [0.1, 0.15) is 39.2 Å². The zero-order valence-electron chi connectivity index (χ0n) is 12.5. The van der Waals surface area contributed by atoms with Gasteiger partial charge in [0.1, 0.15) is 0 Å². The molecule has 1 aromatic carbocycles. The van der Waals surface area contributed by atoms with Crippen LogP contribution in [-0.2, 0) is 0 Å². The standard InChI is InChI=1S/C18H22N2/c1-4-13-20(14-15(2)3)17-10-8-16(9-11-17)18-7-5-6-12-19-18/h4,7-14H,5-6H2,1-3H3/b13-4+. The van der Waals surface area contributed by atoms with Gasteiger partial charge in [-0.15, -0.1) is 0 Å². The highest BCUT2D eigenvalue weighted by Crippen LogP contribution is 2.24. The van der Waals surface area contributed by atoms with E-state index in [0.717, 1.165) is 24.2 Å². The molecule has 0 atom stereocenters. The van der Waals surface area contributed by atoms with E-state index in [1.54, 1.807) is 0 Å². The topological polar surface area (TPSA) is 15.6 Å². The molecule has 1 aromatic rings. The van der Waals surface area contributed by atoms with Crippen LogP contribution in [0.4, 0.5) is 5.69 Å². The molecule has 0 aromatic heterocycles. The zero-order chi connectivity index (χ0) is 14.4. The van der Waals surface area contributed by atoms with Gasteiger partial charge in [-0.2, -0.15) is 0 Å². The van der Waals surface area contributed by atoms with Crippen molar-refractivity contribution >= 4 is 17.6 Å². The van der Waals surface area contributed by atoms with Gasteiger partial charge < -0.3 is 4.90 Å². The SMILES string of the molecule is C/C=C/N(C=C(C)C)c1ccc(C2=CCCC=N2)cc1. The summed E-state index contributed by atoms with van der Waals surface area (Å²) >= 11 is 0. The summed E-state index contributed by atoms with van der Waals surface area (Å²) in [6, 6.07) is 8.55. The van der Waals surface area contributed by atoms with Gasteiger partial charge in [0.05, 0.1) is 5.70 Å². The van der Waals surface area contributed by atoms with Crippen molar-refractivity contribution in [2.24, 2.45) is 4.99 Å². The smallest absolute Gasteiger partial charge is 0.0658 e. The number of aliphatic imine (C=N–C) groups is 1. The average Bonchev–Trinajstić information content (AvgIpc) is 2.47. The molecule has 0 saturated carbocycles. The summed E-state index contributed by atoms with van der Waals surface area (Å²) in [4.78, 5) is 6.59. The summed E-state index contributed by atoms with van der Waals surface area (Å²) in [6.07, 6.45) is 12.6. The Hall–Kier alpha value is -2.09. The molecule has 2 rings (SSSR count). The second-order valence-electron chi connectivity index (χ2n) is 5.12. The Labute approximate surface area is 121 Å². The van der Waals surface area contributed by atoms with Crippen LogP contribution in [0.2, 0.25) is 0 Å². The zero-order valence-corrected chi connectivity index (χ0v) is 12.5. The summed E-state index contributed by atoms with van der Waals surface area (Å²) in [5, 5.41) is 0. The molecule has 2 nitrogen and oxygen atoms in total. The van der Waals surface area contributed by atoms with Gasteiger partial charge in [0, 0.05) is 24.3 Å². The largest absolute Gasteiger partial charge is 0.324 e. The maximum absolute atomic E-state index is 4.46. The fraction of sp³-hybridized carbons (Fsp3) is 0.278. The number of hydrogen-bond donors (Lipinski definition) is 0. The van der Waals surface area contributed by atoms with E-state index in [1.165, 1.54) is 11.1 Å². The fourth-order valence-electron chi connectivity index (χ4n) is 2.15. The molecule has 0 saturated heterocycles. The maximum Gasteiger partial charge on any atom is 0.0658 e. The maximum atomic E-state index is 4.46. The average molecular weight is 266 g/mol. The van der Waals surface area contributed by atoms with E-state index in [9.17, 15) is 0 Å². The van der Waals surface area contributed by atoms with Crippen molar-refractivity contribution in [3.05, 3.63) is 60.0 Å². The molecule has 0 unspecified atom stereocenters. The molecule has 2 heteroatoms. The third kappa shape index (κ3) is 3.70. The Morgan fingerprint density at radius 2 is 1.90 bits per heavy atom. The third-order valence-electron chi connectivity index (χ3n) is 3.03. The normalized spacial score (nSPS) is 14.2. The van der Waals surface area contributed by atoms with Crippen LogP contribution in [0.15, 0.2) is 59.4 Å². The van der Waals surface area contributed by atoms with Gasteiger partial charge in [-0.05, 0) is 51.3 Å². The minimum atomic E-state index is 1.05. The molecule has 20 heavy (non-hydrogen) atoms. The van der Waals surface area contributed by atoms with Crippen LogP contribution < -0.4 is 4.90 Å². The molecule has 0 radical (unpaired) electrons. The Morgan fingerprint density at radius 3 is 2.45 bits per heavy atom. The molecule has 0 fully saturated rings. The summed E-state index contributed by atoms with van der Waals surface area (Å²) in [7, 11) is 0. The van der Waals surface area contributed by atoms with E-state index < -0.39 is 0 Å². The highest BCUT2D eigenvalue weighted by Gasteiger charge is 2.04. The first-order valence-electron chi connectivity index (χ1n) is 7.10. The van der Waals surface area contributed by atoms with Crippen molar-refractivity contribution in [1.29, 1.82) is 0 Å². The molecule has 1 aliphatic rings. The molecule has 0 N–H and O–H groups in total. The predicted octanol–water partition coefficient (Wildman–Crippen LogP) is 5.16. The van der Waals surface area contributed by atoms with Gasteiger partial charge in [0.25, 0.3) is 0 Å². The monoisotopic (exact) mass is 266 g/mol. The van der Waals surface area contributed by atoms with E-state index in [4.69, 9.17) is 0 Å². The lowest BCUT2D eigenvalue weighted by atomic mass is 10.1. The molecule has 0 aliphatic carbocycles. The predicted molar refractivity (Wildman–Crippen MR) is 88.9 cm³/mol. The molecule has 1 heterocycles. The number of allylic oxidation sites excluding steroid dienone is 3. The summed E-state index contributed by atoms with van der Waals surface area (Å²) in [6.45, 7) is 6.24. The van der Waals surface area contributed by atoms with Crippen LogP contribution in [0.25, 0.3) is 5.70 Å². The van der Waals surface area contributed by atoms with Gasteiger partial charge >= 0.3 is 0 Å². The van der Waals surface area contributed by atoms with Crippen LogP contribution in [0.3, 0.4) is 0 Å². The van der Waals surface area contributed by atoms with Crippen molar-refractivity contribution in [2.75, 3.05) is 4.90 Å². The second-order valence-corrected chi connectivity index (χ2v) is 5.12. The van der Waals surface area contributed by atoms with E-state index in [0.29, 0.717) is 0 Å². The molecule has 0 amide bonds. The Bertz CT molecular complexity index is 556. The minimum absolute atomic E-state index is 1.05. The molecular formula is C18H22N2. The van der Waals surface area contributed by atoms with E-state index in [-0.39, 0.29) is 0 Å². The van der Waals surface area contributed by atoms with Gasteiger partial charge in [0.15, 0.2) is 0 Å². The van der Waals surface area contributed by atoms with Gasteiger partial charge in [-0.1, -0.05) is 29.9 Å². The molecule has 0 bridgehead atoms. The van der Waals surface area contributed by atoms with Crippen molar-refractivity contribution in [2.45, 2.75) is 33.6 Å². The summed E-state index contributed by atoms with van der Waals surface area (Å²) in [5.74, 6) is 0. The van der Waals surface area contributed by atoms with E-state index in [2.05, 4.69) is 66.5 Å². The van der Waals surface area contributed by atoms with Crippen LogP contribution in [-0.4, -0.2) is 6.21 Å². The quantitative estimate of drug-likeness (QED) is 0.735. The van der Waals surface area contributed by atoms with Crippen LogP contribution in [0, 0.1) is 0 Å². The van der Waals surface area contributed by atoms with Gasteiger partial charge in [-0.3, -0.25) is 4.99 Å². The molecule has 104 valence electrons. The number of hydrogen-bond acceptors (Lipinski definition) is 2. The lowest BCUT2D eigenvalue weighted by Gasteiger charge is -2.17. The number of benzene rings is 1. The van der Waals surface area contributed by atoms with Crippen molar-refractivity contribution < 1.29 is 0 Å². The fourth-order valence-corrected chi connectivity index (χ4v) is 2.15.